The van der Waals surface area contributed by atoms with Gasteiger partial charge in [0.25, 0.3) is 0 Å². The van der Waals surface area contributed by atoms with Crippen LogP contribution in [0.5, 0.6) is 5.75 Å². The summed E-state index contributed by atoms with van der Waals surface area (Å²) in [5.74, 6) is 0.912. The maximum absolute atomic E-state index is 5.81. The van der Waals surface area contributed by atoms with E-state index in [4.69, 9.17) is 4.74 Å². The maximum Gasteiger partial charge on any atom is 0.119 e. The molecule has 1 aliphatic rings. The summed E-state index contributed by atoms with van der Waals surface area (Å²) in [4.78, 5) is 4.91. The first kappa shape index (κ1) is 20.3. The lowest BCUT2D eigenvalue weighted by Gasteiger charge is -2.44. The number of anilines is 4. The Balaban J connectivity index is 1.81. The van der Waals surface area contributed by atoms with Crippen LogP contribution in [0.2, 0.25) is 0 Å². The van der Waals surface area contributed by atoms with Crippen LogP contribution >= 0.6 is 0 Å². The second-order valence-electron chi connectivity index (χ2n) is 8.81. The molecule has 3 aromatic carbocycles. The fourth-order valence-corrected chi connectivity index (χ4v) is 4.34. The zero-order valence-corrected chi connectivity index (χ0v) is 18.9. The topological polar surface area (TPSA) is 15.7 Å². The highest BCUT2D eigenvalue weighted by atomic mass is 16.5. The molecule has 0 spiro atoms. The highest BCUT2D eigenvalue weighted by Gasteiger charge is 2.31. The van der Waals surface area contributed by atoms with Gasteiger partial charge < -0.3 is 14.5 Å². The van der Waals surface area contributed by atoms with Crippen molar-refractivity contribution in [3.8, 4) is 16.9 Å². The van der Waals surface area contributed by atoms with Crippen molar-refractivity contribution in [1.82, 2.24) is 0 Å². The van der Waals surface area contributed by atoms with E-state index in [0.29, 0.717) is 12.1 Å². The molecule has 3 aromatic rings. The van der Waals surface area contributed by atoms with Crippen molar-refractivity contribution >= 4 is 22.7 Å². The van der Waals surface area contributed by atoms with Crippen molar-refractivity contribution < 1.29 is 4.74 Å². The number of nitrogens with zero attached hydrogens (tertiary/aromatic N) is 2. The Morgan fingerprint density at radius 2 is 1.07 bits per heavy atom. The van der Waals surface area contributed by atoms with Crippen LogP contribution in [-0.4, -0.2) is 18.2 Å². The van der Waals surface area contributed by atoms with Crippen LogP contribution in [0.25, 0.3) is 11.1 Å². The summed E-state index contributed by atoms with van der Waals surface area (Å²) >= 11 is 0. The molecular weight excluding hydrogens is 368 g/mol. The van der Waals surface area contributed by atoms with Gasteiger partial charge in [-0.2, -0.15) is 0 Å². The number of benzene rings is 3. The lowest BCUT2D eigenvalue weighted by atomic mass is 9.99. The molecule has 0 aliphatic carbocycles. The predicted molar refractivity (Wildman–Crippen MR) is 129 cm³/mol. The Morgan fingerprint density at radius 1 is 0.567 bits per heavy atom. The molecule has 0 atom stereocenters. The second kappa shape index (κ2) is 8.06. The largest absolute Gasteiger partial charge is 0.491 e. The normalized spacial score (nSPS) is 13.1. The number of fused-ring (bicyclic) bond motifs is 2. The van der Waals surface area contributed by atoms with E-state index in [9.17, 15) is 0 Å². The first-order chi connectivity index (χ1) is 14.4. The van der Waals surface area contributed by atoms with Crippen molar-refractivity contribution in [3.05, 3.63) is 66.7 Å². The van der Waals surface area contributed by atoms with E-state index >= 15 is 0 Å². The van der Waals surface area contributed by atoms with Crippen molar-refractivity contribution in [1.29, 1.82) is 0 Å². The highest BCUT2D eigenvalue weighted by Crippen LogP contribution is 2.50. The monoisotopic (exact) mass is 400 g/mol. The van der Waals surface area contributed by atoms with Gasteiger partial charge in [0.05, 0.1) is 28.9 Å². The second-order valence-corrected chi connectivity index (χ2v) is 8.81. The molecule has 30 heavy (non-hydrogen) atoms. The molecule has 0 N–H and O–H groups in total. The van der Waals surface area contributed by atoms with Gasteiger partial charge >= 0.3 is 0 Å². The zero-order valence-electron chi connectivity index (χ0n) is 18.9. The fourth-order valence-electron chi connectivity index (χ4n) is 4.34. The molecule has 3 heteroatoms. The van der Waals surface area contributed by atoms with E-state index < -0.39 is 0 Å². The van der Waals surface area contributed by atoms with Gasteiger partial charge in [-0.1, -0.05) is 30.3 Å². The van der Waals surface area contributed by atoms with Gasteiger partial charge in [-0.05, 0) is 89.1 Å². The molecule has 1 aliphatic heterocycles. The average molecular weight is 401 g/mol. The van der Waals surface area contributed by atoms with E-state index in [1.165, 1.54) is 33.9 Å². The molecule has 0 fully saturated rings. The summed E-state index contributed by atoms with van der Waals surface area (Å²) in [5.41, 5.74) is 7.49. The fraction of sp³-hybridized carbons (Fsp3) is 0.333. The summed E-state index contributed by atoms with van der Waals surface area (Å²) in [6.07, 6.45) is 0.182. The minimum Gasteiger partial charge on any atom is -0.491 e. The van der Waals surface area contributed by atoms with Gasteiger partial charge in [-0.3, -0.25) is 0 Å². The van der Waals surface area contributed by atoms with Crippen molar-refractivity contribution in [2.45, 2.75) is 59.7 Å². The summed E-state index contributed by atoms with van der Waals surface area (Å²) in [7, 11) is 0. The molecule has 0 bridgehead atoms. The van der Waals surface area contributed by atoms with Gasteiger partial charge in [-0.25, -0.2) is 0 Å². The van der Waals surface area contributed by atoms with Crippen LogP contribution in [0.15, 0.2) is 66.7 Å². The number of ether oxygens (including phenoxy) is 1. The predicted octanol–water partition coefficient (Wildman–Crippen LogP) is 7.55. The Kier molecular flexibility index (Phi) is 5.46. The third kappa shape index (κ3) is 3.65. The number of hydrogen-bond donors (Lipinski definition) is 0. The van der Waals surface area contributed by atoms with E-state index in [0.717, 1.165) is 5.75 Å². The Labute approximate surface area is 180 Å². The maximum atomic E-state index is 5.81. The minimum absolute atomic E-state index is 0.182. The van der Waals surface area contributed by atoms with Crippen LogP contribution in [0.1, 0.15) is 41.5 Å². The van der Waals surface area contributed by atoms with Crippen LogP contribution in [0, 0.1) is 0 Å². The molecular formula is C27H32N2O. The van der Waals surface area contributed by atoms with Crippen LogP contribution in [0.3, 0.4) is 0 Å². The molecule has 0 unspecified atom stereocenters. The summed E-state index contributed by atoms with van der Waals surface area (Å²) in [5, 5.41) is 0. The molecule has 156 valence electrons. The SMILES string of the molecule is CC(C)Oc1ccc(-c2ccc3c(c2)N(C(C)C)c2ccccc2N3C(C)C)cc1. The lowest BCUT2D eigenvalue weighted by Crippen LogP contribution is -2.36. The lowest BCUT2D eigenvalue weighted by molar-refractivity contribution is 0.242. The highest BCUT2D eigenvalue weighted by molar-refractivity contribution is 5.95. The third-order valence-electron chi connectivity index (χ3n) is 5.49. The van der Waals surface area contributed by atoms with Gasteiger partial charge in [0.2, 0.25) is 0 Å². The molecule has 0 aromatic heterocycles. The summed E-state index contributed by atoms with van der Waals surface area (Å²) in [6, 6.07) is 24.7. The number of para-hydroxylation sites is 2. The number of rotatable bonds is 5. The van der Waals surface area contributed by atoms with Gasteiger partial charge in [0.1, 0.15) is 5.75 Å². The molecule has 3 nitrogen and oxygen atoms in total. The van der Waals surface area contributed by atoms with Crippen LogP contribution in [-0.2, 0) is 0 Å². The summed E-state index contributed by atoms with van der Waals surface area (Å²) in [6.45, 7) is 13.1. The Bertz CT molecular complexity index is 1020. The molecule has 0 saturated carbocycles. The molecule has 0 radical (unpaired) electrons. The van der Waals surface area contributed by atoms with Gasteiger partial charge in [-0.15, -0.1) is 0 Å². The van der Waals surface area contributed by atoms with Crippen LogP contribution < -0.4 is 14.5 Å². The molecule has 4 rings (SSSR count). The van der Waals surface area contributed by atoms with Gasteiger partial charge in [0.15, 0.2) is 0 Å². The van der Waals surface area contributed by atoms with Crippen molar-refractivity contribution in [2.24, 2.45) is 0 Å². The van der Waals surface area contributed by atoms with Crippen molar-refractivity contribution in [3.63, 3.8) is 0 Å². The Hall–Kier alpha value is -2.94. The van der Waals surface area contributed by atoms with Crippen molar-refractivity contribution in [2.75, 3.05) is 9.80 Å². The first-order valence-corrected chi connectivity index (χ1v) is 11.0. The molecule has 0 saturated heterocycles. The quantitative estimate of drug-likeness (QED) is 0.440. The minimum atomic E-state index is 0.182. The zero-order chi connectivity index (χ0) is 21.4. The molecule has 0 amide bonds. The van der Waals surface area contributed by atoms with E-state index in [1.54, 1.807) is 0 Å². The van der Waals surface area contributed by atoms with E-state index in [1.807, 2.05) is 0 Å². The number of hydrogen-bond acceptors (Lipinski definition) is 3. The third-order valence-corrected chi connectivity index (χ3v) is 5.49. The van der Waals surface area contributed by atoms with E-state index in [2.05, 4.69) is 118 Å². The molecule has 1 heterocycles. The Morgan fingerprint density at radius 3 is 1.60 bits per heavy atom. The van der Waals surface area contributed by atoms with Gasteiger partial charge in [0, 0.05) is 12.1 Å². The average Bonchev–Trinajstić information content (AvgIpc) is 2.71. The smallest absolute Gasteiger partial charge is 0.119 e. The first-order valence-electron chi connectivity index (χ1n) is 11.0. The summed E-state index contributed by atoms with van der Waals surface area (Å²) < 4.78 is 5.81. The van der Waals surface area contributed by atoms with E-state index in [-0.39, 0.29) is 6.10 Å². The van der Waals surface area contributed by atoms with Crippen LogP contribution in [0.4, 0.5) is 22.7 Å². The standard InChI is InChI=1S/C27H32N2O/c1-18(2)28-24-9-7-8-10-25(24)29(19(3)4)27-17-22(13-16-26(27)28)21-11-14-23(15-12-21)30-20(5)6/h7-20H,1-6H3.